The van der Waals surface area contributed by atoms with E-state index in [-0.39, 0.29) is 0 Å². The Balaban J connectivity index is 2.44. The van der Waals surface area contributed by atoms with Crippen LogP contribution in [0.4, 0.5) is 0 Å². The third-order valence-corrected chi connectivity index (χ3v) is 3.74. The lowest BCUT2D eigenvalue weighted by atomic mass is 9.82. The van der Waals surface area contributed by atoms with E-state index in [1.165, 1.54) is 25.7 Å². The van der Waals surface area contributed by atoms with Gasteiger partial charge in [0.05, 0.1) is 0 Å². The zero-order valence-corrected chi connectivity index (χ0v) is 9.71. The maximum Gasteiger partial charge on any atom is -0.0205 e. The lowest BCUT2D eigenvalue weighted by molar-refractivity contribution is 0.321. The molecule has 0 bridgehead atoms. The second-order valence-corrected chi connectivity index (χ2v) is 4.74. The predicted octanol–water partition coefficient (Wildman–Crippen LogP) is 4.44. The summed E-state index contributed by atoms with van der Waals surface area (Å²) in [5.41, 5.74) is 0. The Labute approximate surface area is 89.1 Å². The van der Waals surface area contributed by atoms with E-state index in [4.69, 9.17) is 0 Å². The number of hydrogen-bond acceptors (Lipinski definition) is 0. The maximum absolute atomic E-state index is 3.97. The first-order valence-corrected chi connectivity index (χ1v) is 5.98. The summed E-state index contributed by atoms with van der Waals surface area (Å²) in [7, 11) is 0. The average molecular weight is 192 g/mol. The molecule has 1 aliphatic carbocycles. The van der Waals surface area contributed by atoms with Crippen molar-refractivity contribution in [1.82, 2.24) is 0 Å². The molecule has 3 atom stereocenters. The summed E-state index contributed by atoms with van der Waals surface area (Å²) >= 11 is 0. The minimum Gasteiger partial charge on any atom is -0.103 e. The van der Waals surface area contributed by atoms with Gasteiger partial charge in [0.25, 0.3) is 0 Å². The van der Waals surface area contributed by atoms with Gasteiger partial charge in [-0.2, -0.15) is 0 Å². The van der Waals surface area contributed by atoms with Gasteiger partial charge in [-0.3, -0.25) is 0 Å². The summed E-state index contributed by atoms with van der Waals surface area (Å²) in [6, 6.07) is 0. The molecule has 0 heteroatoms. The second-order valence-electron chi connectivity index (χ2n) is 4.74. The van der Waals surface area contributed by atoms with Crippen LogP contribution < -0.4 is 0 Å². The molecule has 0 heterocycles. The van der Waals surface area contributed by atoms with Gasteiger partial charge >= 0.3 is 0 Å². The molecule has 1 aliphatic rings. The number of hydrogen-bond donors (Lipinski definition) is 0. The smallest absolute Gasteiger partial charge is 0.0205 e. The molecule has 0 radical (unpaired) electrons. The Morgan fingerprint density at radius 2 is 1.93 bits per heavy atom. The van der Waals surface area contributed by atoms with Crippen molar-refractivity contribution in [1.29, 1.82) is 0 Å². The normalized spacial score (nSPS) is 22.4. The topological polar surface area (TPSA) is 0 Å². The summed E-state index contributed by atoms with van der Waals surface area (Å²) in [4.78, 5) is 0. The molecular formula is C14H24. The van der Waals surface area contributed by atoms with Gasteiger partial charge in [0, 0.05) is 0 Å². The first-order valence-electron chi connectivity index (χ1n) is 5.98. The van der Waals surface area contributed by atoms with E-state index in [9.17, 15) is 0 Å². The number of allylic oxidation sites excluding steroid dienone is 2. The summed E-state index contributed by atoms with van der Waals surface area (Å²) < 4.78 is 0. The van der Waals surface area contributed by atoms with Crippen LogP contribution in [0.25, 0.3) is 0 Å². The highest BCUT2D eigenvalue weighted by Gasteiger charge is 2.31. The number of rotatable bonds is 7. The third-order valence-electron chi connectivity index (χ3n) is 3.74. The molecule has 80 valence electrons. The summed E-state index contributed by atoms with van der Waals surface area (Å²) in [6.45, 7) is 12.4. The highest BCUT2D eigenvalue weighted by molar-refractivity contribution is 4.94. The van der Waals surface area contributed by atoms with Crippen molar-refractivity contribution in [3.05, 3.63) is 25.3 Å². The second kappa shape index (κ2) is 5.38. The van der Waals surface area contributed by atoms with Gasteiger partial charge in [-0.1, -0.05) is 32.4 Å². The standard InChI is InChI=1S/C14H24/c1-5-11(4)12(6-2)10-13(7-3)14-8-9-14/h5,7,11-14H,1,3,6,8-10H2,2,4H3. The Morgan fingerprint density at radius 1 is 1.29 bits per heavy atom. The minimum absolute atomic E-state index is 0.654. The van der Waals surface area contributed by atoms with Crippen molar-refractivity contribution in [2.24, 2.45) is 23.7 Å². The first-order chi connectivity index (χ1) is 6.72. The van der Waals surface area contributed by atoms with Crippen molar-refractivity contribution >= 4 is 0 Å². The van der Waals surface area contributed by atoms with Crippen LogP contribution in [-0.2, 0) is 0 Å². The van der Waals surface area contributed by atoms with Gasteiger partial charge in [0.15, 0.2) is 0 Å². The SMILES string of the molecule is C=CC(C)C(CC)CC(C=C)C1CC1. The molecule has 14 heavy (non-hydrogen) atoms. The van der Waals surface area contributed by atoms with Crippen LogP contribution >= 0.6 is 0 Å². The molecular weight excluding hydrogens is 168 g/mol. The molecule has 3 unspecified atom stereocenters. The Bertz CT molecular complexity index is 188. The van der Waals surface area contributed by atoms with Gasteiger partial charge < -0.3 is 0 Å². The summed E-state index contributed by atoms with van der Waals surface area (Å²) in [5.74, 6) is 3.18. The molecule has 0 saturated heterocycles. The molecule has 0 amide bonds. The molecule has 0 aromatic heterocycles. The molecule has 0 nitrogen and oxygen atoms in total. The fraction of sp³-hybridized carbons (Fsp3) is 0.714. The van der Waals surface area contributed by atoms with E-state index < -0.39 is 0 Å². The van der Waals surface area contributed by atoms with Crippen LogP contribution in [0.5, 0.6) is 0 Å². The van der Waals surface area contributed by atoms with E-state index >= 15 is 0 Å². The predicted molar refractivity (Wildman–Crippen MR) is 64.2 cm³/mol. The molecule has 0 aromatic rings. The molecule has 0 aliphatic heterocycles. The van der Waals surface area contributed by atoms with Gasteiger partial charge in [-0.15, -0.1) is 13.2 Å². The van der Waals surface area contributed by atoms with Crippen LogP contribution in [0.2, 0.25) is 0 Å². The summed E-state index contributed by atoms with van der Waals surface area (Å²) in [5, 5.41) is 0. The lowest BCUT2D eigenvalue weighted by Crippen LogP contribution is -2.14. The van der Waals surface area contributed by atoms with E-state index in [0.29, 0.717) is 5.92 Å². The first kappa shape index (κ1) is 11.6. The van der Waals surface area contributed by atoms with E-state index in [1.807, 2.05) is 0 Å². The van der Waals surface area contributed by atoms with Gasteiger partial charge in [-0.25, -0.2) is 0 Å². The van der Waals surface area contributed by atoms with Crippen molar-refractivity contribution < 1.29 is 0 Å². The van der Waals surface area contributed by atoms with Gasteiger partial charge in [-0.05, 0) is 42.9 Å². The van der Waals surface area contributed by atoms with Crippen molar-refractivity contribution in [3.8, 4) is 0 Å². The summed E-state index contributed by atoms with van der Waals surface area (Å²) in [6.07, 6.45) is 9.71. The van der Waals surface area contributed by atoms with E-state index in [2.05, 4.69) is 39.2 Å². The van der Waals surface area contributed by atoms with Crippen LogP contribution in [0.3, 0.4) is 0 Å². The van der Waals surface area contributed by atoms with Crippen LogP contribution in [0.15, 0.2) is 25.3 Å². The van der Waals surface area contributed by atoms with E-state index in [1.54, 1.807) is 0 Å². The quantitative estimate of drug-likeness (QED) is 0.523. The highest BCUT2D eigenvalue weighted by atomic mass is 14.4. The van der Waals surface area contributed by atoms with E-state index in [0.717, 1.165) is 17.8 Å². The van der Waals surface area contributed by atoms with Crippen molar-refractivity contribution in [3.63, 3.8) is 0 Å². The highest BCUT2D eigenvalue weighted by Crippen LogP contribution is 2.41. The Kier molecular flexibility index (Phi) is 4.44. The fourth-order valence-corrected chi connectivity index (χ4v) is 2.30. The zero-order chi connectivity index (χ0) is 10.6. The molecule has 0 spiro atoms. The average Bonchev–Trinajstić information content (AvgIpc) is 3.02. The maximum atomic E-state index is 3.97. The Morgan fingerprint density at radius 3 is 2.29 bits per heavy atom. The molecule has 0 aromatic carbocycles. The van der Waals surface area contributed by atoms with Crippen molar-refractivity contribution in [2.75, 3.05) is 0 Å². The van der Waals surface area contributed by atoms with Crippen molar-refractivity contribution in [2.45, 2.75) is 39.5 Å². The molecule has 1 saturated carbocycles. The van der Waals surface area contributed by atoms with Gasteiger partial charge in [0.2, 0.25) is 0 Å². The minimum atomic E-state index is 0.654. The van der Waals surface area contributed by atoms with Crippen LogP contribution in [0, 0.1) is 23.7 Å². The lowest BCUT2D eigenvalue weighted by Gasteiger charge is -2.23. The fourth-order valence-electron chi connectivity index (χ4n) is 2.30. The van der Waals surface area contributed by atoms with Crippen LogP contribution in [-0.4, -0.2) is 0 Å². The largest absolute Gasteiger partial charge is 0.103 e. The molecule has 1 rings (SSSR count). The third kappa shape index (κ3) is 3.01. The Hall–Kier alpha value is -0.520. The van der Waals surface area contributed by atoms with Crippen LogP contribution in [0.1, 0.15) is 39.5 Å². The molecule has 0 N–H and O–H groups in total. The monoisotopic (exact) mass is 192 g/mol. The molecule has 1 fully saturated rings. The zero-order valence-electron chi connectivity index (χ0n) is 9.71. The van der Waals surface area contributed by atoms with Gasteiger partial charge in [0.1, 0.15) is 0 Å².